The molecule has 0 aromatic heterocycles. The molecule has 2 aromatic carbocycles. The molecular weight excluding hydrogens is 268 g/mol. The molecule has 0 spiro atoms. The first-order valence-corrected chi connectivity index (χ1v) is 7.62. The van der Waals surface area contributed by atoms with Gasteiger partial charge in [0, 0.05) is 10.5 Å². The van der Waals surface area contributed by atoms with Crippen LogP contribution in [0.1, 0.15) is 11.1 Å². The minimum atomic E-state index is -0.236. The van der Waals surface area contributed by atoms with Crippen LogP contribution in [0.3, 0.4) is 0 Å². The van der Waals surface area contributed by atoms with E-state index in [0.29, 0.717) is 12.2 Å². The highest BCUT2D eigenvalue weighted by molar-refractivity contribution is 7.98. The number of thioether (sulfide) groups is 1. The van der Waals surface area contributed by atoms with Crippen LogP contribution < -0.4 is 0 Å². The molecule has 2 nitrogen and oxygen atoms in total. The summed E-state index contributed by atoms with van der Waals surface area (Å²) in [6.45, 7) is 0.349. The van der Waals surface area contributed by atoms with Gasteiger partial charge < -0.3 is 4.74 Å². The Kier molecular flexibility index (Phi) is 3.61. The summed E-state index contributed by atoms with van der Waals surface area (Å²) >= 11 is 1.70. The van der Waals surface area contributed by atoms with E-state index in [9.17, 15) is 4.79 Å². The summed E-state index contributed by atoms with van der Waals surface area (Å²) in [5.41, 5.74) is 3.61. The predicted molar refractivity (Wildman–Crippen MR) is 82.4 cm³/mol. The third kappa shape index (κ3) is 2.37. The second kappa shape index (κ2) is 5.55. The van der Waals surface area contributed by atoms with E-state index in [4.69, 9.17) is 4.74 Å². The summed E-state index contributed by atoms with van der Waals surface area (Å²) in [6.07, 6.45) is 2.05. The molecule has 0 atom stereocenters. The van der Waals surface area contributed by atoms with Crippen molar-refractivity contribution in [2.45, 2.75) is 4.90 Å². The molecule has 100 valence electrons. The molecule has 0 fully saturated rings. The van der Waals surface area contributed by atoms with Gasteiger partial charge in [-0.15, -0.1) is 11.8 Å². The van der Waals surface area contributed by atoms with Gasteiger partial charge in [0.15, 0.2) is 0 Å². The van der Waals surface area contributed by atoms with Crippen LogP contribution in [0.2, 0.25) is 0 Å². The van der Waals surface area contributed by atoms with E-state index in [-0.39, 0.29) is 5.97 Å². The molecule has 1 aliphatic heterocycles. The Bertz CT molecular complexity index is 657. The van der Waals surface area contributed by atoms with Crippen LogP contribution in [-0.4, -0.2) is 18.8 Å². The van der Waals surface area contributed by atoms with Crippen molar-refractivity contribution in [1.82, 2.24) is 0 Å². The van der Waals surface area contributed by atoms with E-state index < -0.39 is 0 Å². The molecule has 0 aliphatic carbocycles. The highest BCUT2D eigenvalue weighted by atomic mass is 32.2. The lowest BCUT2D eigenvalue weighted by Gasteiger charge is -2.05. The summed E-state index contributed by atoms with van der Waals surface area (Å²) in [5.74, 6) is -0.236. The minimum Gasteiger partial charge on any atom is -0.457 e. The Balaban J connectivity index is 2.08. The van der Waals surface area contributed by atoms with Crippen molar-refractivity contribution >= 4 is 28.9 Å². The monoisotopic (exact) mass is 282 g/mol. The van der Waals surface area contributed by atoms with Crippen molar-refractivity contribution in [2.75, 3.05) is 12.9 Å². The van der Waals surface area contributed by atoms with Crippen molar-refractivity contribution in [2.24, 2.45) is 0 Å². The number of rotatable bonds is 3. The lowest BCUT2D eigenvalue weighted by Crippen LogP contribution is -1.98. The average molecular weight is 282 g/mol. The van der Waals surface area contributed by atoms with E-state index in [2.05, 4.69) is 12.1 Å². The van der Waals surface area contributed by atoms with Gasteiger partial charge in [-0.05, 0) is 29.5 Å². The van der Waals surface area contributed by atoms with Gasteiger partial charge in [0.05, 0.1) is 5.57 Å². The van der Waals surface area contributed by atoms with E-state index in [1.165, 1.54) is 4.90 Å². The third-order valence-corrected chi connectivity index (χ3v) is 4.10. The Hall–Kier alpha value is -2.00. The average Bonchev–Trinajstić information content (AvgIpc) is 2.90. The fourth-order valence-corrected chi connectivity index (χ4v) is 2.73. The summed E-state index contributed by atoms with van der Waals surface area (Å²) in [7, 11) is 0. The number of ether oxygens (including phenoxy) is 1. The molecule has 3 heteroatoms. The van der Waals surface area contributed by atoms with Crippen molar-refractivity contribution in [3.05, 3.63) is 65.7 Å². The lowest BCUT2D eigenvalue weighted by atomic mass is 9.97. The Labute approximate surface area is 122 Å². The molecule has 0 saturated carbocycles. The fourth-order valence-electron chi connectivity index (χ4n) is 2.32. The number of esters is 1. The second-order valence-corrected chi connectivity index (χ2v) is 5.40. The van der Waals surface area contributed by atoms with E-state index in [1.807, 2.05) is 48.7 Å². The third-order valence-electron chi connectivity index (χ3n) is 3.35. The molecule has 0 N–H and O–H groups in total. The van der Waals surface area contributed by atoms with Gasteiger partial charge >= 0.3 is 5.97 Å². The topological polar surface area (TPSA) is 26.3 Å². The number of hydrogen-bond donors (Lipinski definition) is 0. The molecule has 0 saturated heterocycles. The van der Waals surface area contributed by atoms with E-state index in [1.54, 1.807) is 11.8 Å². The highest BCUT2D eigenvalue weighted by Crippen LogP contribution is 2.33. The highest BCUT2D eigenvalue weighted by Gasteiger charge is 2.26. The van der Waals surface area contributed by atoms with Crippen molar-refractivity contribution in [3.63, 3.8) is 0 Å². The Morgan fingerprint density at radius 3 is 2.30 bits per heavy atom. The molecule has 0 unspecified atom stereocenters. The normalized spacial score (nSPS) is 14.6. The van der Waals surface area contributed by atoms with Crippen molar-refractivity contribution < 1.29 is 9.53 Å². The molecular formula is C17H14O2S. The number of benzene rings is 2. The van der Waals surface area contributed by atoms with Gasteiger partial charge in [-0.2, -0.15) is 0 Å². The van der Waals surface area contributed by atoms with Crippen LogP contribution in [0, 0.1) is 0 Å². The van der Waals surface area contributed by atoms with Crippen LogP contribution >= 0.6 is 11.8 Å². The van der Waals surface area contributed by atoms with Gasteiger partial charge in [-0.3, -0.25) is 0 Å². The van der Waals surface area contributed by atoms with Gasteiger partial charge in [0.2, 0.25) is 0 Å². The first-order valence-electron chi connectivity index (χ1n) is 6.39. The SMILES string of the molecule is CSc1ccc(C2=C(c3ccccc3)C(=O)OC2)cc1. The van der Waals surface area contributed by atoms with Crippen LogP contribution in [0.25, 0.3) is 11.1 Å². The van der Waals surface area contributed by atoms with Gasteiger partial charge in [0.1, 0.15) is 6.61 Å². The zero-order valence-electron chi connectivity index (χ0n) is 11.1. The largest absolute Gasteiger partial charge is 0.457 e. The molecule has 20 heavy (non-hydrogen) atoms. The zero-order valence-corrected chi connectivity index (χ0v) is 11.9. The quantitative estimate of drug-likeness (QED) is 0.631. The predicted octanol–water partition coefficient (Wildman–Crippen LogP) is 3.88. The molecule has 1 heterocycles. The van der Waals surface area contributed by atoms with Gasteiger partial charge in [-0.25, -0.2) is 4.79 Å². The van der Waals surface area contributed by atoms with E-state index in [0.717, 1.165) is 16.7 Å². The molecule has 1 aliphatic rings. The van der Waals surface area contributed by atoms with Gasteiger partial charge in [0.25, 0.3) is 0 Å². The second-order valence-electron chi connectivity index (χ2n) is 4.52. The first-order chi connectivity index (χ1) is 9.79. The van der Waals surface area contributed by atoms with Gasteiger partial charge in [-0.1, -0.05) is 42.5 Å². The zero-order chi connectivity index (χ0) is 13.9. The molecule has 0 bridgehead atoms. The minimum absolute atomic E-state index is 0.236. The summed E-state index contributed by atoms with van der Waals surface area (Å²) in [5, 5.41) is 0. The maximum absolute atomic E-state index is 12.0. The fraction of sp³-hybridized carbons (Fsp3) is 0.118. The van der Waals surface area contributed by atoms with E-state index >= 15 is 0 Å². The molecule has 3 rings (SSSR count). The Morgan fingerprint density at radius 2 is 1.65 bits per heavy atom. The summed E-state index contributed by atoms with van der Waals surface area (Å²) < 4.78 is 5.23. The van der Waals surface area contributed by atoms with Crippen LogP contribution in [-0.2, 0) is 9.53 Å². The maximum atomic E-state index is 12.0. The van der Waals surface area contributed by atoms with Crippen molar-refractivity contribution in [3.8, 4) is 0 Å². The number of carbonyl (C=O) groups is 1. The lowest BCUT2D eigenvalue weighted by molar-refractivity contribution is -0.133. The maximum Gasteiger partial charge on any atom is 0.339 e. The van der Waals surface area contributed by atoms with Crippen molar-refractivity contribution in [1.29, 1.82) is 0 Å². The molecule has 0 radical (unpaired) electrons. The standard InChI is InChI=1S/C17H14O2S/c1-20-14-9-7-12(8-10-14)15-11-19-17(18)16(15)13-5-3-2-4-6-13/h2-10H,11H2,1H3. The summed E-state index contributed by atoms with van der Waals surface area (Å²) in [4.78, 5) is 13.2. The number of carbonyl (C=O) groups excluding carboxylic acids is 1. The van der Waals surface area contributed by atoms with Crippen LogP contribution in [0.4, 0.5) is 0 Å². The summed E-state index contributed by atoms with van der Waals surface area (Å²) in [6, 6.07) is 17.9. The Morgan fingerprint density at radius 1 is 0.950 bits per heavy atom. The van der Waals surface area contributed by atoms with Crippen LogP contribution in [0.5, 0.6) is 0 Å². The first kappa shape index (κ1) is 13.0. The smallest absolute Gasteiger partial charge is 0.339 e. The number of cyclic esters (lactones) is 1. The molecule has 0 amide bonds. The molecule has 2 aromatic rings. The van der Waals surface area contributed by atoms with Crippen LogP contribution in [0.15, 0.2) is 59.5 Å². The number of hydrogen-bond acceptors (Lipinski definition) is 3.